The SMILES string of the molecule is c1ccc(-c2nc(-c3cccnc3)nc(-c3cc(N4c5ccccc5Cc5ccccc54)ccc3-c3ccc(N4c5ccccc5Oc5ccccc54)cc3-c3nc(-c4cccnc4)nc(-c4ccccn4)n3)n2)nc1. The second-order valence-corrected chi connectivity index (χ2v) is 18.1. The van der Waals surface area contributed by atoms with E-state index in [0.717, 1.165) is 79.9 Å². The molecule has 0 aliphatic carbocycles. The number of pyridine rings is 4. The van der Waals surface area contributed by atoms with Gasteiger partial charge in [-0.1, -0.05) is 84.9 Å². The number of ether oxygens (including phenoxy) is 1. The van der Waals surface area contributed by atoms with Crippen molar-refractivity contribution in [1.82, 2.24) is 49.8 Å². The number of fused-ring (bicyclic) bond motifs is 4. The van der Waals surface area contributed by atoms with Gasteiger partial charge in [-0.2, -0.15) is 0 Å². The molecule has 0 saturated carbocycles. The fraction of sp³-hybridized carbons (Fsp3) is 0.0159. The van der Waals surface area contributed by atoms with E-state index >= 15 is 0 Å². The van der Waals surface area contributed by atoms with Crippen LogP contribution < -0.4 is 14.5 Å². The molecule has 0 amide bonds. The molecule has 2 aliphatic heterocycles. The fourth-order valence-electron chi connectivity index (χ4n) is 10.00. The molecule has 0 fully saturated rings. The Hall–Kier alpha value is -10.7. The third-order valence-electron chi connectivity index (χ3n) is 13.5. The predicted octanol–water partition coefficient (Wildman–Crippen LogP) is 14.3. The molecule has 14 rings (SSSR count). The first-order valence-corrected chi connectivity index (χ1v) is 24.7. The van der Waals surface area contributed by atoms with Gasteiger partial charge in [0.15, 0.2) is 46.4 Å². The van der Waals surface area contributed by atoms with Crippen LogP contribution in [0.3, 0.4) is 0 Å². The Morgan fingerprint density at radius 3 is 1.21 bits per heavy atom. The molecule has 0 saturated heterocycles. The maximum atomic E-state index is 6.50. The zero-order chi connectivity index (χ0) is 50.4. The third kappa shape index (κ3) is 8.01. The van der Waals surface area contributed by atoms with Gasteiger partial charge in [0.2, 0.25) is 0 Å². The first-order valence-electron chi connectivity index (χ1n) is 24.7. The Labute approximate surface area is 436 Å². The van der Waals surface area contributed by atoms with Gasteiger partial charge in [-0.05, 0) is 131 Å². The monoisotopic (exact) mass is 980 g/mol. The van der Waals surface area contributed by atoms with E-state index in [2.05, 4.69) is 117 Å². The molecule has 0 atom stereocenters. The summed E-state index contributed by atoms with van der Waals surface area (Å²) < 4.78 is 6.50. The van der Waals surface area contributed by atoms with Gasteiger partial charge in [-0.15, -0.1) is 0 Å². The average Bonchev–Trinajstić information content (AvgIpc) is 3.51. The van der Waals surface area contributed by atoms with Gasteiger partial charge in [0.1, 0.15) is 11.4 Å². The van der Waals surface area contributed by atoms with Gasteiger partial charge >= 0.3 is 0 Å². The van der Waals surface area contributed by atoms with Gasteiger partial charge in [0.25, 0.3) is 0 Å². The highest BCUT2D eigenvalue weighted by atomic mass is 16.5. The fourth-order valence-corrected chi connectivity index (χ4v) is 10.00. The zero-order valence-corrected chi connectivity index (χ0v) is 40.4. The summed E-state index contributed by atoms with van der Waals surface area (Å²) in [6.45, 7) is 0. The van der Waals surface area contributed by atoms with Crippen molar-refractivity contribution in [2.24, 2.45) is 0 Å². The molecule has 6 aromatic carbocycles. The van der Waals surface area contributed by atoms with Crippen molar-refractivity contribution in [2.45, 2.75) is 6.42 Å². The van der Waals surface area contributed by atoms with Crippen molar-refractivity contribution in [3.8, 4) is 91.2 Å². The van der Waals surface area contributed by atoms with Crippen LogP contribution in [0.4, 0.5) is 34.1 Å². The lowest BCUT2D eigenvalue weighted by molar-refractivity contribution is 0.477. The highest BCUT2D eigenvalue weighted by molar-refractivity contribution is 5.96. The van der Waals surface area contributed by atoms with E-state index in [1.54, 1.807) is 37.2 Å². The van der Waals surface area contributed by atoms with E-state index in [-0.39, 0.29) is 0 Å². The van der Waals surface area contributed by atoms with E-state index in [1.807, 2.05) is 97.1 Å². The number of para-hydroxylation sites is 6. The minimum atomic E-state index is 0.402. The number of rotatable bonds is 9. The zero-order valence-electron chi connectivity index (χ0n) is 40.4. The second kappa shape index (κ2) is 18.7. The average molecular weight is 981 g/mol. The van der Waals surface area contributed by atoms with E-state index in [9.17, 15) is 0 Å². The molecule has 358 valence electrons. The minimum Gasteiger partial charge on any atom is -0.453 e. The molecule has 0 radical (unpaired) electrons. The maximum Gasteiger partial charge on any atom is 0.182 e. The van der Waals surface area contributed by atoms with Crippen LogP contribution in [0, 0.1) is 0 Å². The molecule has 13 nitrogen and oxygen atoms in total. The van der Waals surface area contributed by atoms with Crippen molar-refractivity contribution in [1.29, 1.82) is 0 Å². The molecule has 0 unspecified atom stereocenters. The normalized spacial score (nSPS) is 12.2. The van der Waals surface area contributed by atoms with Crippen LogP contribution in [0.1, 0.15) is 11.1 Å². The Morgan fingerprint density at radius 2 is 0.750 bits per heavy atom. The van der Waals surface area contributed by atoms with Crippen LogP contribution in [-0.4, -0.2) is 49.8 Å². The summed E-state index contributed by atoms with van der Waals surface area (Å²) in [6.07, 6.45) is 11.3. The molecule has 8 heterocycles. The van der Waals surface area contributed by atoms with Crippen molar-refractivity contribution < 1.29 is 4.74 Å². The van der Waals surface area contributed by atoms with Crippen molar-refractivity contribution >= 4 is 34.1 Å². The highest BCUT2D eigenvalue weighted by Crippen LogP contribution is 2.52. The summed E-state index contributed by atoms with van der Waals surface area (Å²) in [4.78, 5) is 54.2. The van der Waals surface area contributed by atoms with Crippen molar-refractivity contribution in [3.05, 3.63) is 242 Å². The topological polar surface area (TPSA) is 145 Å². The standard InChI is InChI=1S/C63H40N12O/c1-3-21-52-40(15-1)35-41-16-2-4-22-53(41)74(52)44-27-29-46(48(36-44)60-68-58(42-17-13-31-64-38-42)70-62(72-60)50-19-9-11-33-66-50)47-30-28-45(75-54-23-5-7-25-56(54)76-57-26-8-6-24-55(57)75)37-49(47)61-69-59(43-18-14-32-65-39-43)71-63(73-61)51-20-10-12-34-67-51/h1-34,36-39H,35H2. The summed E-state index contributed by atoms with van der Waals surface area (Å²) >= 11 is 0. The lowest BCUT2D eigenvalue weighted by atomic mass is 9.91. The first kappa shape index (κ1) is 44.1. The summed E-state index contributed by atoms with van der Waals surface area (Å²) in [5.74, 6) is 3.99. The molecule has 2 aliphatic rings. The molecule has 76 heavy (non-hydrogen) atoms. The summed E-state index contributed by atoms with van der Waals surface area (Å²) in [6, 6.07) is 65.2. The smallest absolute Gasteiger partial charge is 0.182 e. The molecule has 0 N–H and O–H groups in total. The molecule has 0 bridgehead atoms. The minimum absolute atomic E-state index is 0.402. The first-order chi connectivity index (χ1) is 37.7. The van der Waals surface area contributed by atoms with E-state index in [4.69, 9.17) is 44.6 Å². The molecular weight excluding hydrogens is 941 g/mol. The molecule has 13 heteroatoms. The van der Waals surface area contributed by atoms with Gasteiger partial charge in [0.05, 0.1) is 11.4 Å². The number of nitrogens with zero attached hydrogens (tertiary/aromatic N) is 12. The number of aromatic nitrogens is 10. The number of hydrogen-bond acceptors (Lipinski definition) is 13. The Morgan fingerprint density at radius 1 is 0.329 bits per heavy atom. The van der Waals surface area contributed by atoms with Crippen LogP contribution in [0.25, 0.3) is 79.7 Å². The van der Waals surface area contributed by atoms with Gasteiger partial charge in [-0.25, -0.2) is 29.9 Å². The van der Waals surface area contributed by atoms with Crippen molar-refractivity contribution in [3.63, 3.8) is 0 Å². The van der Waals surface area contributed by atoms with E-state index < -0.39 is 0 Å². The van der Waals surface area contributed by atoms with E-state index in [0.29, 0.717) is 51.9 Å². The maximum absolute atomic E-state index is 6.50. The van der Waals surface area contributed by atoms with Crippen LogP contribution in [0.2, 0.25) is 0 Å². The lowest BCUT2D eigenvalue weighted by Crippen LogP contribution is -2.18. The Bertz CT molecular complexity index is 3670. The predicted molar refractivity (Wildman–Crippen MR) is 295 cm³/mol. The Kier molecular flexibility index (Phi) is 10.9. The third-order valence-corrected chi connectivity index (χ3v) is 13.5. The number of anilines is 6. The quantitative estimate of drug-likeness (QED) is 0.135. The Balaban J connectivity index is 1.07. The molecular formula is C63H40N12O. The lowest BCUT2D eigenvalue weighted by Gasteiger charge is -2.34. The molecule has 12 aromatic rings. The summed E-state index contributed by atoms with van der Waals surface area (Å²) in [5.41, 5.74) is 13.8. The molecule has 0 spiro atoms. The van der Waals surface area contributed by atoms with Crippen molar-refractivity contribution in [2.75, 3.05) is 9.80 Å². The number of benzene rings is 6. The van der Waals surface area contributed by atoms with Crippen LogP contribution in [0.15, 0.2) is 231 Å². The summed E-state index contributed by atoms with van der Waals surface area (Å²) in [7, 11) is 0. The summed E-state index contributed by atoms with van der Waals surface area (Å²) in [5, 5.41) is 0. The van der Waals surface area contributed by atoms with E-state index in [1.165, 1.54) is 11.1 Å². The highest BCUT2D eigenvalue weighted by Gasteiger charge is 2.30. The number of hydrogen-bond donors (Lipinski definition) is 0. The molecule has 6 aromatic heterocycles. The van der Waals surface area contributed by atoms with Gasteiger partial charge < -0.3 is 14.5 Å². The van der Waals surface area contributed by atoms with Crippen LogP contribution in [0.5, 0.6) is 11.5 Å². The van der Waals surface area contributed by atoms with Crippen LogP contribution in [-0.2, 0) is 6.42 Å². The largest absolute Gasteiger partial charge is 0.453 e. The van der Waals surface area contributed by atoms with Gasteiger partial charge in [0, 0.05) is 88.6 Å². The van der Waals surface area contributed by atoms with Crippen LogP contribution >= 0.6 is 0 Å². The second-order valence-electron chi connectivity index (χ2n) is 18.1. The van der Waals surface area contributed by atoms with Gasteiger partial charge in [-0.3, -0.25) is 19.9 Å².